The number of nitrogens with two attached hydrogens (primary N) is 2. The van der Waals surface area contributed by atoms with Gasteiger partial charge < -0.3 is 27.0 Å². The lowest BCUT2D eigenvalue weighted by molar-refractivity contribution is -0.133. The third kappa shape index (κ3) is 3.70. The number of benzene rings is 1. The van der Waals surface area contributed by atoms with Crippen molar-refractivity contribution in [1.82, 2.24) is 10.2 Å². The van der Waals surface area contributed by atoms with E-state index in [2.05, 4.69) is 21.3 Å². The molecule has 1 heterocycles. The molecule has 4 atom stereocenters. The standard InChI is InChI=1S/C24H37N5O2/c25-22(26)28-10-9-27-18-6-8-23-7-1-11-29(15-16-2-3-16)21(24(23,31)14-18)12-17-4-5-19(30)13-20(17)23/h4-5,13,16,18,21,27,30-31H,1-3,6-12,14-15H2,(H4,25,26,28). The fourth-order valence-electron chi connectivity index (χ4n) is 6.82. The molecule has 170 valence electrons. The third-order valence-corrected chi connectivity index (χ3v) is 8.40. The van der Waals surface area contributed by atoms with E-state index in [0.717, 1.165) is 57.5 Å². The van der Waals surface area contributed by atoms with Gasteiger partial charge in [-0.25, -0.2) is 0 Å². The van der Waals surface area contributed by atoms with E-state index in [1.807, 2.05) is 12.1 Å². The lowest BCUT2D eigenvalue weighted by Gasteiger charge is -2.60. The highest BCUT2D eigenvalue weighted by Gasteiger charge is 2.63. The van der Waals surface area contributed by atoms with Crippen LogP contribution in [0.2, 0.25) is 0 Å². The zero-order valence-corrected chi connectivity index (χ0v) is 18.4. The first-order valence-electron chi connectivity index (χ1n) is 12.0. The van der Waals surface area contributed by atoms with Gasteiger partial charge in [0, 0.05) is 30.6 Å². The highest BCUT2D eigenvalue weighted by Crippen LogP contribution is 2.58. The Morgan fingerprint density at radius 1 is 1.23 bits per heavy atom. The normalized spacial score (nSPS) is 35.0. The monoisotopic (exact) mass is 427 g/mol. The molecule has 0 radical (unpaired) electrons. The SMILES string of the molecule is NC(N)=NCCNC1CCC23CCCN(CC4CC4)C(Cc4ccc(O)cc42)C3(O)C1. The Hall–Kier alpha value is -1.83. The lowest BCUT2D eigenvalue weighted by atomic mass is 9.51. The van der Waals surface area contributed by atoms with Gasteiger partial charge in [0.2, 0.25) is 0 Å². The van der Waals surface area contributed by atoms with Crippen LogP contribution in [-0.4, -0.2) is 64.9 Å². The fourth-order valence-corrected chi connectivity index (χ4v) is 6.82. The predicted octanol–water partition coefficient (Wildman–Crippen LogP) is 1.21. The van der Waals surface area contributed by atoms with E-state index in [1.165, 1.54) is 24.0 Å². The number of nitrogens with zero attached hydrogens (tertiary/aromatic N) is 2. The van der Waals surface area contributed by atoms with Gasteiger partial charge in [0.05, 0.1) is 12.1 Å². The molecule has 3 aliphatic carbocycles. The van der Waals surface area contributed by atoms with E-state index in [-0.39, 0.29) is 23.5 Å². The Morgan fingerprint density at radius 3 is 2.84 bits per heavy atom. The van der Waals surface area contributed by atoms with E-state index < -0.39 is 5.60 Å². The van der Waals surface area contributed by atoms with E-state index in [9.17, 15) is 10.2 Å². The summed E-state index contributed by atoms with van der Waals surface area (Å²) in [6.07, 6.45) is 8.28. The molecule has 0 spiro atoms. The molecular formula is C24H37N5O2. The van der Waals surface area contributed by atoms with Gasteiger partial charge in [-0.15, -0.1) is 0 Å². The molecule has 0 aromatic heterocycles. The first-order valence-corrected chi connectivity index (χ1v) is 12.0. The molecule has 2 saturated carbocycles. The number of phenols is 1. The van der Waals surface area contributed by atoms with Crippen LogP contribution in [0.3, 0.4) is 0 Å². The summed E-state index contributed by atoms with van der Waals surface area (Å²) in [5.74, 6) is 1.23. The smallest absolute Gasteiger partial charge is 0.185 e. The summed E-state index contributed by atoms with van der Waals surface area (Å²) in [5.41, 5.74) is 12.3. The van der Waals surface area contributed by atoms with Crippen molar-refractivity contribution >= 4 is 5.96 Å². The summed E-state index contributed by atoms with van der Waals surface area (Å²) >= 11 is 0. The quantitative estimate of drug-likeness (QED) is 0.264. The van der Waals surface area contributed by atoms with E-state index >= 15 is 0 Å². The van der Waals surface area contributed by atoms with Gasteiger partial charge in [0.25, 0.3) is 0 Å². The maximum absolute atomic E-state index is 12.6. The molecule has 7 nitrogen and oxygen atoms in total. The van der Waals surface area contributed by atoms with Crippen LogP contribution < -0.4 is 16.8 Å². The molecule has 1 aromatic rings. The fraction of sp³-hybridized carbons (Fsp3) is 0.708. The van der Waals surface area contributed by atoms with E-state index in [1.54, 1.807) is 0 Å². The van der Waals surface area contributed by atoms with E-state index in [4.69, 9.17) is 11.5 Å². The van der Waals surface area contributed by atoms with Gasteiger partial charge in [0.1, 0.15) is 5.75 Å². The number of likely N-dealkylation sites (tertiary alicyclic amines) is 1. The number of hydrogen-bond donors (Lipinski definition) is 5. The minimum Gasteiger partial charge on any atom is -0.508 e. The number of aromatic hydroxyl groups is 1. The van der Waals surface area contributed by atoms with Gasteiger partial charge in [-0.05, 0) is 87.1 Å². The highest BCUT2D eigenvalue weighted by molar-refractivity contribution is 5.75. The van der Waals surface area contributed by atoms with Crippen LogP contribution >= 0.6 is 0 Å². The zero-order valence-electron chi connectivity index (χ0n) is 18.4. The van der Waals surface area contributed by atoms with E-state index in [0.29, 0.717) is 18.8 Å². The van der Waals surface area contributed by atoms with Crippen LogP contribution in [0.15, 0.2) is 23.2 Å². The summed E-state index contributed by atoms with van der Waals surface area (Å²) in [5, 5.41) is 26.5. The summed E-state index contributed by atoms with van der Waals surface area (Å²) in [6, 6.07) is 6.23. The number of guanidine groups is 1. The molecule has 3 fully saturated rings. The minimum atomic E-state index is -0.800. The molecule has 5 rings (SSSR count). The topological polar surface area (TPSA) is 120 Å². The molecule has 1 aromatic carbocycles. The Labute approximate surface area is 184 Å². The molecular weight excluding hydrogens is 390 g/mol. The molecule has 4 unspecified atom stereocenters. The van der Waals surface area contributed by atoms with Gasteiger partial charge in [-0.1, -0.05) is 6.07 Å². The lowest BCUT2D eigenvalue weighted by Crippen LogP contribution is -2.69. The van der Waals surface area contributed by atoms with Crippen LogP contribution in [0.25, 0.3) is 0 Å². The maximum Gasteiger partial charge on any atom is 0.185 e. The van der Waals surface area contributed by atoms with Crippen molar-refractivity contribution < 1.29 is 10.2 Å². The summed E-state index contributed by atoms with van der Waals surface area (Å²) in [6.45, 7) is 3.43. The summed E-state index contributed by atoms with van der Waals surface area (Å²) in [7, 11) is 0. The van der Waals surface area contributed by atoms with Crippen molar-refractivity contribution in [3.63, 3.8) is 0 Å². The van der Waals surface area contributed by atoms with Gasteiger partial charge >= 0.3 is 0 Å². The summed E-state index contributed by atoms with van der Waals surface area (Å²) in [4.78, 5) is 6.69. The minimum absolute atomic E-state index is 0.119. The van der Waals surface area contributed by atoms with Crippen LogP contribution in [0, 0.1) is 5.92 Å². The van der Waals surface area contributed by atoms with Crippen LogP contribution in [-0.2, 0) is 11.8 Å². The van der Waals surface area contributed by atoms with Crippen molar-refractivity contribution in [3.8, 4) is 5.75 Å². The first kappa shape index (κ1) is 21.0. The van der Waals surface area contributed by atoms with Crippen molar-refractivity contribution in [2.45, 2.75) is 74.5 Å². The number of hydrogen-bond acceptors (Lipinski definition) is 5. The van der Waals surface area contributed by atoms with Gasteiger partial charge in [0.15, 0.2) is 5.96 Å². The second kappa shape index (κ2) is 7.94. The number of phenolic OH excluding ortho intramolecular Hbond substituents is 1. The Morgan fingerprint density at radius 2 is 2.06 bits per heavy atom. The Bertz CT molecular complexity index is 852. The number of aliphatic hydroxyl groups is 1. The van der Waals surface area contributed by atoms with Gasteiger partial charge in [-0.2, -0.15) is 0 Å². The number of rotatable bonds is 6. The Kier molecular flexibility index (Phi) is 5.39. The van der Waals surface area contributed by atoms with Crippen molar-refractivity contribution in [2.24, 2.45) is 22.4 Å². The Balaban J connectivity index is 1.47. The van der Waals surface area contributed by atoms with Gasteiger partial charge in [-0.3, -0.25) is 9.89 Å². The van der Waals surface area contributed by atoms with Crippen LogP contribution in [0.5, 0.6) is 5.75 Å². The first-order chi connectivity index (χ1) is 14.9. The molecule has 0 amide bonds. The maximum atomic E-state index is 12.6. The second-order valence-electron chi connectivity index (χ2n) is 10.3. The average molecular weight is 428 g/mol. The van der Waals surface area contributed by atoms with Crippen LogP contribution in [0.1, 0.15) is 56.1 Å². The third-order valence-electron chi connectivity index (χ3n) is 8.40. The second-order valence-corrected chi connectivity index (χ2v) is 10.3. The molecule has 7 heteroatoms. The summed E-state index contributed by atoms with van der Waals surface area (Å²) < 4.78 is 0. The molecule has 1 saturated heterocycles. The highest BCUT2D eigenvalue weighted by atomic mass is 16.3. The van der Waals surface area contributed by atoms with Crippen molar-refractivity contribution in [2.75, 3.05) is 26.2 Å². The molecule has 31 heavy (non-hydrogen) atoms. The largest absolute Gasteiger partial charge is 0.508 e. The molecule has 7 N–H and O–H groups in total. The zero-order chi connectivity index (χ0) is 21.6. The van der Waals surface area contributed by atoms with Crippen molar-refractivity contribution in [1.29, 1.82) is 0 Å². The molecule has 1 aliphatic heterocycles. The van der Waals surface area contributed by atoms with Crippen molar-refractivity contribution in [3.05, 3.63) is 29.3 Å². The molecule has 4 aliphatic rings. The number of nitrogens with one attached hydrogen (secondary N) is 1. The molecule has 2 bridgehead atoms. The van der Waals surface area contributed by atoms with Crippen LogP contribution in [0.4, 0.5) is 0 Å². The average Bonchev–Trinajstić information content (AvgIpc) is 3.54. The number of aliphatic imine (C=N–C) groups is 1. The predicted molar refractivity (Wildman–Crippen MR) is 122 cm³/mol. The number of fused-ring (bicyclic) bond motifs is 1.